The molecule has 28 heavy (non-hydrogen) atoms. The van der Waals surface area contributed by atoms with E-state index in [9.17, 15) is 14.4 Å². The fourth-order valence-corrected chi connectivity index (χ4v) is 3.82. The van der Waals surface area contributed by atoms with E-state index in [-0.39, 0.29) is 30.7 Å². The second-order valence-electron chi connectivity index (χ2n) is 7.16. The first kappa shape index (κ1) is 19.9. The summed E-state index contributed by atoms with van der Waals surface area (Å²) in [6.45, 7) is 5.46. The van der Waals surface area contributed by atoms with Gasteiger partial charge in [-0.15, -0.1) is 0 Å². The molecule has 148 valence electrons. The normalized spacial score (nSPS) is 16.5. The molecule has 2 aromatic rings. The fraction of sp³-hybridized carbons (Fsp3) is 0.409. The second kappa shape index (κ2) is 8.42. The maximum Gasteiger partial charge on any atom is 0.242 e. The van der Waals surface area contributed by atoms with Crippen molar-refractivity contribution in [2.24, 2.45) is 5.92 Å². The minimum atomic E-state index is -0.430. The quantitative estimate of drug-likeness (QED) is 0.773. The lowest BCUT2D eigenvalue weighted by atomic mass is 10.1. The van der Waals surface area contributed by atoms with Crippen molar-refractivity contribution in [3.63, 3.8) is 0 Å². The van der Waals surface area contributed by atoms with Crippen molar-refractivity contribution < 1.29 is 14.4 Å². The van der Waals surface area contributed by atoms with Gasteiger partial charge < -0.3 is 14.7 Å². The van der Waals surface area contributed by atoms with Crippen molar-refractivity contribution in [1.29, 1.82) is 0 Å². The van der Waals surface area contributed by atoms with Crippen LogP contribution in [0.4, 0.5) is 5.69 Å². The van der Waals surface area contributed by atoms with Crippen LogP contribution in [-0.2, 0) is 14.4 Å². The van der Waals surface area contributed by atoms with E-state index < -0.39 is 5.92 Å². The van der Waals surface area contributed by atoms with Crippen LogP contribution in [0, 0.1) is 5.92 Å². The van der Waals surface area contributed by atoms with E-state index in [1.165, 1.54) is 4.90 Å². The minimum absolute atomic E-state index is 0.0411. The van der Waals surface area contributed by atoms with E-state index in [0.717, 1.165) is 16.5 Å². The molecule has 0 saturated carbocycles. The van der Waals surface area contributed by atoms with Gasteiger partial charge in [-0.05, 0) is 25.3 Å². The average Bonchev–Trinajstić information content (AvgIpc) is 3.09. The highest BCUT2D eigenvalue weighted by Crippen LogP contribution is 2.32. The van der Waals surface area contributed by atoms with Gasteiger partial charge >= 0.3 is 0 Å². The third-order valence-electron chi connectivity index (χ3n) is 5.40. The molecule has 0 radical (unpaired) electrons. The number of carbonyl (C=O) groups is 3. The van der Waals surface area contributed by atoms with Crippen LogP contribution in [0.5, 0.6) is 0 Å². The van der Waals surface area contributed by atoms with Crippen LogP contribution in [0.3, 0.4) is 0 Å². The number of rotatable bonds is 6. The largest absolute Gasteiger partial charge is 0.342 e. The summed E-state index contributed by atoms with van der Waals surface area (Å²) in [4.78, 5) is 42.6. The van der Waals surface area contributed by atoms with E-state index in [2.05, 4.69) is 0 Å². The second-order valence-corrected chi connectivity index (χ2v) is 7.16. The van der Waals surface area contributed by atoms with Gasteiger partial charge in [0, 0.05) is 38.5 Å². The van der Waals surface area contributed by atoms with Gasteiger partial charge in [0.05, 0.1) is 18.2 Å². The lowest BCUT2D eigenvalue weighted by Gasteiger charge is -2.25. The lowest BCUT2D eigenvalue weighted by molar-refractivity contribution is -0.141. The van der Waals surface area contributed by atoms with Crippen molar-refractivity contribution in [2.45, 2.75) is 20.3 Å². The van der Waals surface area contributed by atoms with Gasteiger partial charge in [0.2, 0.25) is 17.7 Å². The number of amides is 3. The maximum atomic E-state index is 12.8. The van der Waals surface area contributed by atoms with Crippen molar-refractivity contribution in [3.05, 3.63) is 42.5 Å². The minimum Gasteiger partial charge on any atom is -0.342 e. The maximum absolute atomic E-state index is 12.8. The molecular weight excluding hydrogens is 354 g/mol. The SMILES string of the molecule is CCN(CC)C(=O)CN(C)C(=O)C1CC(=O)N(c2cccc3ccccc23)C1. The van der Waals surface area contributed by atoms with Gasteiger partial charge in [-0.25, -0.2) is 0 Å². The summed E-state index contributed by atoms with van der Waals surface area (Å²) in [6.07, 6.45) is 0.172. The summed E-state index contributed by atoms with van der Waals surface area (Å²) in [7, 11) is 1.63. The Hall–Kier alpha value is -2.89. The molecular formula is C22H27N3O3. The Morgan fingerprint density at radius 2 is 1.75 bits per heavy atom. The molecule has 1 aliphatic rings. The van der Waals surface area contributed by atoms with Gasteiger partial charge in [0.25, 0.3) is 0 Å². The van der Waals surface area contributed by atoms with Gasteiger partial charge in [-0.2, -0.15) is 0 Å². The Labute approximate surface area is 165 Å². The van der Waals surface area contributed by atoms with Gasteiger partial charge in [-0.1, -0.05) is 36.4 Å². The number of fused-ring (bicyclic) bond motifs is 1. The zero-order valence-electron chi connectivity index (χ0n) is 16.7. The molecule has 1 fully saturated rings. The van der Waals surface area contributed by atoms with Crippen LogP contribution in [0.25, 0.3) is 10.8 Å². The number of anilines is 1. The Morgan fingerprint density at radius 1 is 1.07 bits per heavy atom. The Bertz CT molecular complexity index is 886. The van der Waals surface area contributed by atoms with E-state index in [4.69, 9.17) is 0 Å². The van der Waals surface area contributed by atoms with Gasteiger partial charge in [-0.3, -0.25) is 14.4 Å². The lowest BCUT2D eigenvalue weighted by Crippen LogP contribution is -2.43. The molecule has 1 unspecified atom stereocenters. The molecule has 3 rings (SSSR count). The van der Waals surface area contributed by atoms with Gasteiger partial charge in [0.1, 0.15) is 0 Å². The van der Waals surface area contributed by atoms with Crippen molar-refractivity contribution in [1.82, 2.24) is 9.80 Å². The summed E-state index contributed by atoms with van der Waals surface area (Å²) in [5, 5.41) is 2.06. The molecule has 2 aromatic carbocycles. The highest BCUT2D eigenvalue weighted by Gasteiger charge is 2.37. The number of carbonyl (C=O) groups excluding carboxylic acids is 3. The molecule has 0 N–H and O–H groups in total. The molecule has 6 nitrogen and oxygen atoms in total. The van der Waals surface area contributed by atoms with Crippen molar-refractivity contribution >= 4 is 34.2 Å². The molecule has 0 bridgehead atoms. The van der Waals surface area contributed by atoms with Crippen LogP contribution < -0.4 is 4.90 Å². The zero-order chi connectivity index (χ0) is 20.3. The summed E-state index contributed by atoms with van der Waals surface area (Å²) in [5.41, 5.74) is 0.834. The fourth-order valence-electron chi connectivity index (χ4n) is 3.82. The van der Waals surface area contributed by atoms with E-state index in [1.54, 1.807) is 16.8 Å². The molecule has 1 saturated heterocycles. The topological polar surface area (TPSA) is 60.9 Å². The number of hydrogen-bond acceptors (Lipinski definition) is 3. The Balaban J connectivity index is 1.73. The summed E-state index contributed by atoms with van der Waals surface area (Å²) in [6, 6.07) is 13.8. The predicted molar refractivity (Wildman–Crippen MR) is 110 cm³/mol. The standard InChI is InChI=1S/C22H27N3O3/c1-4-24(5-2)21(27)15-23(3)22(28)17-13-20(26)25(14-17)19-12-8-10-16-9-6-7-11-18(16)19/h6-12,17H,4-5,13-15H2,1-3H3. The molecule has 6 heteroatoms. The predicted octanol–water partition coefficient (Wildman–Crippen LogP) is 2.52. The number of likely N-dealkylation sites (N-methyl/N-ethyl adjacent to an activating group) is 2. The molecule has 1 heterocycles. The molecule has 0 spiro atoms. The highest BCUT2D eigenvalue weighted by atomic mass is 16.2. The van der Waals surface area contributed by atoms with Crippen LogP contribution in [0.1, 0.15) is 20.3 Å². The molecule has 3 amide bonds. The first-order valence-electron chi connectivity index (χ1n) is 9.77. The van der Waals surface area contributed by atoms with Crippen LogP contribution in [0.15, 0.2) is 42.5 Å². The smallest absolute Gasteiger partial charge is 0.242 e. The Morgan fingerprint density at radius 3 is 2.46 bits per heavy atom. The first-order valence-corrected chi connectivity index (χ1v) is 9.77. The Kier molecular flexibility index (Phi) is 5.97. The highest BCUT2D eigenvalue weighted by molar-refractivity contribution is 6.07. The third kappa shape index (κ3) is 3.86. The zero-order valence-corrected chi connectivity index (χ0v) is 16.7. The third-order valence-corrected chi connectivity index (χ3v) is 5.40. The molecule has 0 aromatic heterocycles. The van der Waals surface area contributed by atoms with Crippen LogP contribution in [0.2, 0.25) is 0 Å². The summed E-state index contributed by atoms with van der Waals surface area (Å²) >= 11 is 0. The molecule has 1 atom stereocenters. The summed E-state index contributed by atoms with van der Waals surface area (Å²) < 4.78 is 0. The van der Waals surface area contributed by atoms with Crippen molar-refractivity contribution in [3.8, 4) is 0 Å². The summed E-state index contributed by atoms with van der Waals surface area (Å²) in [5.74, 6) is -0.716. The number of benzene rings is 2. The van der Waals surface area contributed by atoms with Crippen molar-refractivity contribution in [2.75, 3.05) is 38.1 Å². The van der Waals surface area contributed by atoms with E-state index >= 15 is 0 Å². The van der Waals surface area contributed by atoms with Crippen LogP contribution >= 0.6 is 0 Å². The number of hydrogen-bond donors (Lipinski definition) is 0. The number of nitrogens with zero attached hydrogens (tertiary/aromatic N) is 3. The van der Waals surface area contributed by atoms with Gasteiger partial charge in [0.15, 0.2) is 0 Å². The monoisotopic (exact) mass is 381 g/mol. The van der Waals surface area contributed by atoms with Crippen LogP contribution in [-0.4, -0.2) is 60.7 Å². The molecule has 1 aliphatic heterocycles. The molecule has 0 aliphatic carbocycles. The van der Waals surface area contributed by atoms with E-state index in [1.807, 2.05) is 56.3 Å². The average molecular weight is 381 g/mol. The first-order chi connectivity index (χ1) is 13.5. The van der Waals surface area contributed by atoms with E-state index in [0.29, 0.717) is 19.6 Å².